The number of benzene rings is 1. The zero-order chi connectivity index (χ0) is 11.7. The SMILES string of the molecule is CCn1cc(CCN)c2c(C)ccc(O)c21. The molecule has 86 valence electrons. The summed E-state index contributed by atoms with van der Waals surface area (Å²) < 4.78 is 2.09. The van der Waals surface area contributed by atoms with Crippen LogP contribution in [0.3, 0.4) is 0 Å². The average Bonchev–Trinajstić information content (AvgIpc) is 2.64. The van der Waals surface area contributed by atoms with Gasteiger partial charge in [0.1, 0.15) is 5.75 Å². The van der Waals surface area contributed by atoms with Crippen molar-refractivity contribution >= 4 is 10.9 Å². The van der Waals surface area contributed by atoms with Crippen LogP contribution in [0, 0.1) is 6.92 Å². The number of hydrogen-bond donors (Lipinski definition) is 2. The minimum atomic E-state index is 0.353. The van der Waals surface area contributed by atoms with Crippen LogP contribution in [-0.4, -0.2) is 16.2 Å². The predicted octanol–water partition coefficient (Wildman–Crippen LogP) is 2.18. The maximum Gasteiger partial charge on any atom is 0.139 e. The van der Waals surface area contributed by atoms with Gasteiger partial charge in [-0.05, 0) is 44.0 Å². The number of fused-ring (bicyclic) bond motifs is 1. The molecule has 0 bridgehead atoms. The van der Waals surface area contributed by atoms with E-state index in [2.05, 4.69) is 24.6 Å². The first-order valence-electron chi connectivity index (χ1n) is 5.69. The highest BCUT2D eigenvalue weighted by molar-refractivity contribution is 5.91. The number of aromatic nitrogens is 1. The van der Waals surface area contributed by atoms with Crippen LogP contribution in [0.1, 0.15) is 18.1 Å². The first kappa shape index (κ1) is 11.0. The Labute approximate surface area is 95.5 Å². The quantitative estimate of drug-likeness (QED) is 0.829. The van der Waals surface area contributed by atoms with Crippen LogP contribution in [0.4, 0.5) is 0 Å². The van der Waals surface area contributed by atoms with E-state index in [0.717, 1.165) is 23.9 Å². The highest BCUT2D eigenvalue weighted by Gasteiger charge is 2.12. The van der Waals surface area contributed by atoms with Crippen molar-refractivity contribution in [3.8, 4) is 5.75 Å². The molecule has 0 aliphatic rings. The molecule has 2 aromatic rings. The topological polar surface area (TPSA) is 51.2 Å². The van der Waals surface area contributed by atoms with E-state index in [4.69, 9.17) is 5.73 Å². The van der Waals surface area contributed by atoms with Gasteiger partial charge in [-0.3, -0.25) is 0 Å². The molecule has 0 radical (unpaired) electrons. The summed E-state index contributed by atoms with van der Waals surface area (Å²) in [6.07, 6.45) is 2.96. The lowest BCUT2D eigenvalue weighted by Gasteiger charge is -2.04. The molecule has 3 heteroatoms. The van der Waals surface area contributed by atoms with Gasteiger partial charge in [-0.1, -0.05) is 6.07 Å². The number of nitrogens with two attached hydrogens (primary N) is 1. The van der Waals surface area contributed by atoms with Gasteiger partial charge in [0, 0.05) is 18.1 Å². The second kappa shape index (κ2) is 4.18. The van der Waals surface area contributed by atoms with Crippen molar-refractivity contribution in [2.75, 3.05) is 6.54 Å². The maximum atomic E-state index is 9.94. The van der Waals surface area contributed by atoms with Gasteiger partial charge < -0.3 is 15.4 Å². The second-order valence-electron chi connectivity index (χ2n) is 4.10. The lowest BCUT2D eigenvalue weighted by atomic mass is 10.1. The highest BCUT2D eigenvalue weighted by Crippen LogP contribution is 2.31. The second-order valence-corrected chi connectivity index (χ2v) is 4.10. The first-order chi connectivity index (χ1) is 7.69. The fourth-order valence-corrected chi connectivity index (χ4v) is 2.29. The van der Waals surface area contributed by atoms with Gasteiger partial charge in [-0.25, -0.2) is 0 Å². The number of phenolic OH excluding ortho intramolecular Hbond substituents is 1. The van der Waals surface area contributed by atoms with E-state index in [-0.39, 0.29) is 0 Å². The molecule has 0 saturated heterocycles. The van der Waals surface area contributed by atoms with Gasteiger partial charge >= 0.3 is 0 Å². The van der Waals surface area contributed by atoms with Crippen LogP contribution in [0.25, 0.3) is 10.9 Å². The molecule has 1 aromatic carbocycles. The van der Waals surface area contributed by atoms with Crippen molar-refractivity contribution in [2.24, 2.45) is 5.73 Å². The van der Waals surface area contributed by atoms with E-state index in [1.54, 1.807) is 6.07 Å². The zero-order valence-corrected chi connectivity index (χ0v) is 9.83. The fraction of sp³-hybridized carbons (Fsp3) is 0.385. The highest BCUT2D eigenvalue weighted by atomic mass is 16.3. The molecule has 0 unspecified atom stereocenters. The summed E-state index contributed by atoms with van der Waals surface area (Å²) in [5.41, 5.74) is 8.98. The van der Waals surface area contributed by atoms with Crippen LogP contribution in [0.2, 0.25) is 0 Å². The molecule has 3 N–H and O–H groups in total. The van der Waals surface area contributed by atoms with Crippen LogP contribution in [0.5, 0.6) is 5.75 Å². The van der Waals surface area contributed by atoms with Crippen LogP contribution >= 0.6 is 0 Å². The fourth-order valence-electron chi connectivity index (χ4n) is 2.29. The average molecular weight is 218 g/mol. The molecule has 2 rings (SSSR count). The van der Waals surface area contributed by atoms with Gasteiger partial charge in [-0.2, -0.15) is 0 Å². The Bertz CT molecular complexity index is 514. The van der Waals surface area contributed by atoms with Crippen LogP contribution in [-0.2, 0) is 13.0 Å². The third-order valence-corrected chi connectivity index (χ3v) is 3.04. The van der Waals surface area contributed by atoms with Gasteiger partial charge in [0.05, 0.1) is 5.52 Å². The van der Waals surface area contributed by atoms with Crippen LogP contribution in [0.15, 0.2) is 18.3 Å². The van der Waals surface area contributed by atoms with E-state index in [1.165, 1.54) is 11.1 Å². The molecule has 0 aliphatic heterocycles. The molecule has 0 amide bonds. The van der Waals surface area contributed by atoms with Gasteiger partial charge in [0.2, 0.25) is 0 Å². The molecular weight excluding hydrogens is 200 g/mol. The minimum absolute atomic E-state index is 0.353. The third kappa shape index (κ3) is 1.57. The Balaban J connectivity index is 2.78. The summed E-state index contributed by atoms with van der Waals surface area (Å²) in [6, 6.07) is 3.72. The molecule has 0 aliphatic carbocycles. The van der Waals surface area contributed by atoms with Crippen molar-refractivity contribution in [3.05, 3.63) is 29.5 Å². The van der Waals surface area contributed by atoms with Crippen molar-refractivity contribution in [2.45, 2.75) is 26.8 Å². The summed E-state index contributed by atoms with van der Waals surface area (Å²) in [5, 5.41) is 11.1. The van der Waals surface area contributed by atoms with E-state index in [1.807, 2.05) is 6.07 Å². The predicted molar refractivity (Wildman–Crippen MR) is 66.8 cm³/mol. The van der Waals surface area contributed by atoms with Gasteiger partial charge in [-0.15, -0.1) is 0 Å². The maximum absolute atomic E-state index is 9.94. The van der Waals surface area contributed by atoms with Gasteiger partial charge in [0.15, 0.2) is 0 Å². The molecule has 3 nitrogen and oxygen atoms in total. The monoisotopic (exact) mass is 218 g/mol. The summed E-state index contributed by atoms with van der Waals surface area (Å²) in [5.74, 6) is 0.353. The zero-order valence-electron chi connectivity index (χ0n) is 9.83. The lowest BCUT2D eigenvalue weighted by Crippen LogP contribution is -2.02. The number of hydrogen-bond acceptors (Lipinski definition) is 2. The molecular formula is C13H18N2O. The van der Waals surface area contributed by atoms with Crippen molar-refractivity contribution in [1.82, 2.24) is 4.57 Å². The largest absolute Gasteiger partial charge is 0.506 e. The number of aryl methyl sites for hydroxylation is 2. The molecule has 0 atom stereocenters. The standard InChI is InChI=1S/C13H18N2O/c1-3-15-8-10(6-7-14)12-9(2)4-5-11(16)13(12)15/h4-5,8,16H,3,6-7,14H2,1-2H3. The summed E-state index contributed by atoms with van der Waals surface area (Å²) in [7, 11) is 0. The van der Waals surface area contributed by atoms with Crippen molar-refractivity contribution < 1.29 is 5.11 Å². The van der Waals surface area contributed by atoms with E-state index >= 15 is 0 Å². The third-order valence-electron chi connectivity index (χ3n) is 3.04. The summed E-state index contributed by atoms with van der Waals surface area (Å²) in [4.78, 5) is 0. The number of rotatable bonds is 3. The Morgan fingerprint density at radius 1 is 1.38 bits per heavy atom. The summed E-state index contributed by atoms with van der Waals surface area (Å²) >= 11 is 0. The summed E-state index contributed by atoms with van der Waals surface area (Å²) in [6.45, 7) is 5.64. The Kier molecular flexibility index (Phi) is 2.88. The minimum Gasteiger partial charge on any atom is -0.506 e. The number of phenols is 1. The van der Waals surface area contributed by atoms with E-state index in [0.29, 0.717) is 12.3 Å². The van der Waals surface area contributed by atoms with E-state index < -0.39 is 0 Å². The van der Waals surface area contributed by atoms with E-state index in [9.17, 15) is 5.11 Å². The Hall–Kier alpha value is -1.48. The molecule has 0 spiro atoms. The molecule has 0 fully saturated rings. The molecule has 1 aromatic heterocycles. The van der Waals surface area contributed by atoms with Crippen LogP contribution < -0.4 is 5.73 Å². The number of nitrogens with zero attached hydrogens (tertiary/aromatic N) is 1. The van der Waals surface area contributed by atoms with Gasteiger partial charge in [0.25, 0.3) is 0 Å². The van der Waals surface area contributed by atoms with Crippen molar-refractivity contribution in [1.29, 1.82) is 0 Å². The molecule has 0 saturated carbocycles. The smallest absolute Gasteiger partial charge is 0.139 e. The van der Waals surface area contributed by atoms with Crippen molar-refractivity contribution in [3.63, 3.8) is 0 Å². The first-order valence-corrected chi connectivity index (χ1v) is 5.69. The lowest BCUT2D eigenvalue weighted by molar-refractivity contribution is 0.478. The normalized spacial score (nSPS) is 11.2. The number of aromatic hydroxyl groups is 1. The molecule has 16 heavy (non-hydrogen) atoms. The Morgan fingerprint density at radius 3 is 2.75 bits per heavy atom. The Morgan fingerprint density at radius 2 is 2.12 bits per heavy atom. The molecule has 1 heterocycles.